The van der Waals surface area contributed by atoms with Crippen LogP contribution in [0.1, 0.15) is 66.2 Å². The lowest BCUT2D eigenvalue weighted by Gasteiger charge is -2.37. The first-order valence-electron chi connectivity index (χ1n) is 21.0. The van der Waals surface area contributed by atoms with E-state index in [1.54, 1.807) is 75.9 Å². The number of nitrogens with zero attached hydrogens (tertiary/aromatic N) is 2. The van der Waals surface area contributed by atoms with Crippen molar-refractivity contribution in [3.8, 4) is 46.0 Å². The second-order valence-electron chi connectivity index (χ2n) is 16.1. The molecule has 63 heavy (non-hydrogen) atoms. The molecule has 10 rings (SSSR count). The predicted octanol–water partition coefficient (Wildman–Crippen LogP) is 10.3. The summed E-state index contributed by atoms with van der Waals surface area (Å²) in [5.41, 5.74) is 7.12. The standard InChI is InChI=1S/C51H48ClN3O8/c1-54-21-19-32-25-42(58-3)45-28-37(32)40(54)23-30-15-17-35(18-16-30)61-44-27-34(39(29-43(44)59-4)53-50(56)36-13-9-10-14-38(36)52)24-41-47-33(20-22-55(41)2)26-46(60-5)48(49(47)62-45)63-51(57)31-11-7-6-8-12-31/h6-18,25-29,40-41H,19-24H2,1-5H3,(H,53,56)/t40-,41-/m0/s1. The second-order valence-corrected chi connectivity index (χ2v) is 16.5. The third kappa shape index (κ3) is 8.27. The van der Waals surface area contributed by atoms with Crippen LogP contribution in [0.15, 0.2) is 109 Å². The Morgan fingerprint density at radius 1 is 0.683 bits per heavy atom. The maximum absolute atomic E-state index is 14.0. The zero-order valence-electron chi connectivity index (χ0n) is 35.8. The van der Waals surface area contributed by atoms with Gasteiger partial charge in [-0.05, 0) is 128 Å². The summed E-state index contributed by atoms with van der Waals surface area (Å²) >= 11 is 6.53. The van der Waals surface area contributed by atoms with Gasteiger partial charge in [0, 0.05) is 42.5 Å². The Balaban J connectivity index is 1.28. The molecule has 6 aromatic rings. The molecular formula is C51H48ClN3O8. The molecule has 6 bridgehead atoms. The van der Waals surface area contributed by atoms with Crippen molar-refractivity contribution in [1.82, 2.24) is 9.80 Å². The fourth-order valence-electron chi connectivity index (χ4n) is 8.92. The van der Waals surface area contributed by atoms with Gasteiger partial charge in [-0.15, -0.1) is 0 Å². The van der Waals surface area contributed by atoms with Gasteiger partial charge in [-0.1, -0.05) is 54.1 Å². The molecule has 0 spiro atoms. The molecule has 12 heteroatoms. The highest BCUT2D eigenvalue weighted by Crippen LogP contribution is 2.53. The number of anilines is 1. The average molecular weight is 866 g/mol. The number of hydrogen-bond acceptors (Lipinski definition) is 10. The Morgan fingerprint density at radius 2 is 1.33 bits per heavy atom. The van der Waals surface area contributed by atoms with Crippen LogP contribution in [0.2, 0.25) is 5.02 Å². The molecule has 1 amide bonds. The summed E-state index contributed by atoms with van der Waals surface area (Å²) in [6.07, 6.45) is 2.56. The zero-order chi connectivity index (χ0) is 43.8. The molecule has 4 heterocycles. The first kappa shape index (κ1) is 41.8. The van der Waals surface area contributed by atoms with Gasteiger partial charge in [0.25, 0.3) is 5.91 Å². The summed E-state index contributed by atoms with van der Waals surface area (Å²) in [6.45, 7) is 1.56. The number of ether oxygens (including phenoxy) is 6. The third-order valence-corrected chi connectivity index (χ3v) is 12.7. The lowest BCUT2D eigenvalue weighted by Crippen LogP contribution is -2.34. The maximum atomic E-state index is 14.0. The number of amides is 1. The smallest absolute Gasteiger partial charge is 0.343 e. The molecule has 0 aromatic heterocycles. The number of carbonyl (C=O) groups excluding carboxylic acids is 2. The number of hydrogen-bond donors (Lipinski definition) is 1. The van der Waals surface area contributed by atoms with E-state index >= 15 is 0 Å². The number of benzene rings is 6. The van der Waals surface area contributed by atoms with Crippen LogP contribution in [0, 0.1) is 0 Å². The largest absolute Gasteiger partial charge is 0.493 e. The second kappa shape index (κ2) is 17.7. The lowest BCUT2D eigenvalue weighted by molar-refractivity contribution is 0.0723. The van der Waals surface area contributed by atoms with Crippen LogP contribution in [-0.2, 0) is 25.7 Å². The van der Waals surface area contributed by atoms with Crippen molar-refractivity contribution in [2.75, 3.05) is 53.8 Å². The molecule has 6 aromatic carbocycles. The molecule has 0 saturated carbocycles. The van der Waals surface area contributed by atoms with Crippen molar-refractivity contribution in [3.05, 3.63) is 159 Å². The Morgan fingerprint density at radius 3 is 2.06 bits per heavy atom. The Kier molecular flexibility index (Phi) is 11.7. The van der Waals surface area contributed by atoms with Gasteiger partial charge in [0.2, 0.25) is 5.75 Å². The SMILES string of the molecule is COc1cc(NC(=O)c2ccccc2Cl)c2cc1Oc1ccc(cc1)C[C@H]1c3cc(c(OC)cc3CCN1C)Oc1c(OC(=O)c3ccccc3)c(OC)cc3c1[C@H](C2)N(C)CC3. The van der Waals surface area contributed by atoms with Crippen LogP contribution < -0.4 is 33.7 Å². The summed E-state index contributed by atoms with van der Waals surface area (Å²) in [6, 6.07) is 33.3. The van der Waals surface area contributed by atoms with Gasteiger partial charge in [0.1, 0.15) is 5.75 Å². The van der Waals surface area contributed by atoms with Crippen molar-refractivity contribution in [3.63, 3.8) is 0 Å². The van der Waals surface area contributed by atoms with E-state index in [9.17, 15) is 9.59 Å². The Labute approximate surface area is 372 Å². The maximum Gasteiger partial charge on any atom is 0.343 e. The van der Waals surface area contributed by atoms with E-state index in [1.807, 2.05) is 37.4 Å². The van der Waals surface area contributed by atoms with Gasteiger partial charge in [-0.3, -0.25) is 14.6 Å². The van der Waals surface area contributed by atoms with E-state index in [1.165, 1.54) is 5.56 Å². The van der Waals surface area contributed by atoms with E-state index in [4.69, 9.17) is 40.0 Å². The fourth-order valence-corrected chi connectivity index (χ4v) is 9.14. The first-order chi connectivity index (χ1) is 30.6. The molecule has 0 saturated heterocycles. The number of nitrogens with one attached hydrogen (secondary N) is 1. The highest BCUT2D eigenvalue weighted by molar-refractivity contribution is 6.34. The van der Waals surface area contributed by atoms with E-state index < -0.39 is 5.97 Å². The number of fused-ring (bicyclic) bond motifs is 2. The number of halogens is 1. The summed E-state index contributed by atoms with van der Waals surface area (Å²) < 4.78 is 38.2. The number of methoxy groups -OCH3 is 3. The minimum atomic E-state index is -0.569. The Hall–Kier alpha value is -6.53. The Bertz CT molecular complexity index is 2710. The lowest BCUT2D eigenvalue weighted by atomic mass is 9.86. The molecule has 0 unspecified atom stereocenters. The van der Waals surface area contributed by atoms with Crippen LogP contribution in [-0.4, -0.2) is 70.2 Å². The number of carbonyl (C=O) groups is 2. The van der Waals surface area contributed by atoms with E-state index in [2.05, 4.69) is 46.4 Å². The third-order valence-electron chi connectivity index (χ3n) is 12.4. The topological polar surface area (TPSA) is 108 Å². The quantitative estimate of drug-likeness (QED) is 0.123. The summed E-state index contributed by atoms with van der Waals surface area (Å²) in [7, 11) is 8.96. The molecule has 4 aliphatic heterocycles. The fraction of sp³-hybridized carbons (Fsp3) is 0.255. The molecule has 0 radical (unpaired) electrons. The first-order valence-corrected chi connectivity index (χ1v) is 21.3. The molecule has 1 N–H and O–H groups in total. The van der Waals surface area contributed by atoms with E-state index in [0.717, 1.165) is 47.2 Å². The molecule has 0 aliphatic carbocycles. The van der Waals surface area contributed by atoms with Crippen LogP contribution in [0.3, 0.4) is 0 Å². The molecule has 322 valence electrons. The van der Waals surface area contributed by atoms with E-state index in [-0.39, 0.29) is 23.7 Å². The molecule has 4 aliphatic rings. The minimum absolute atomic E-state index is 0.0253. The highest BCUT2D eigenvalue weighted by atomic mass is 35.5. The predicted molar refractivity (Wildman–Crippen MR) is 242 cm³/mol. The van der Waals surface area contributed by atoms with Crippen molar-refractivity contribution in [1.29, 1.82) is 0 Å². The molecule has 0 fully saturated rings. The van der Waals surface area contributed by atoms with Crippen molar-refractivity contribution < 1.29 is 38.0 Å². The number of rotatable bonds is 7. The van der Waals surface area contributed by atoms with Crippen molar-refractivity contribution in [2.24, 2.45) is 0 Å². The summed E-state index contributed by atoms with van der Waals surface area (Å²) in [5, 5.41) is 3.46. The van der Waals surface area contributed by atoms with Gasteiger partial charge in [0.15, 0.2) is 34.5 Å². The van der Waals surface area contributed by atoms with Crippen LogP contribution in [0.4, 0.5) is 5.69 Å². The van der Waals surface area contributed by atoms with Crippen molar-refractivity contribution in [2.45, 2.75) is 37.8 Å². The average Bonchev–Trinajstić information content (AvgIpc) is 3.30. The molecular weight excluding hydrogens is 818 g/mol. The van der Waals surface area contributed by atoms with Crippen LogP contribution >= 0.6 is 11.6 Å². The van der Waals surface area contributed by atoms with E-state index in [0.29, 0.717) is 81.5 Å². The highest BCUT2D eigenvalue weighted by Gasteiger charge is 2.36. The summed E-state index contributed by atoms with van der Waals surface area (Å²) in [5.74, 6) is 2.41. The molecule has 11 nitrogen and oxygen atoms in total. The zero-order valence-corrected chi connectivity index (χ0v) is 36.6. The van der Waals surface area contributed by atoms with Gasteiger partial charge >= 0.3 is 5.97 Å². The number of esters is 1. The summed E-state index contributed by atoms with van der Waals surface area (Å²) in [4.78, 5) is 32.6. The van der Waals surface area contributed by atoms with Gasteiger partial charge in [-0.25, -0.2) is 4.79 Å². The monoisotopic (exact) mass is 865 g/mol. The van der Waals surface area contributed by atoms with Gasteiger partial charge in [-0.2, -0.15) is 0 Å². The van der Waals surface area contributed by atoms with Gasteiger partial charge in [0.05, 0.1) is 37.5 Å². The molecule has 2 atom stereocenters. The van der Waals surface area contributed by atoms with Gasteiger partial charge < -0.3 is 33.7 Å². The minimum Gasteiger partial charge on any atom is -0.493 e. The van der Waals surface area contributed by atoms with Crippen molar-refractivity contribution >= 4 is 29.2 Å². The van der Waals surface area contributed by atoms with Crippen LogP contribution in [0.25, 0.3) is 0 Å². The normalized spacial score (nSPS) is 16.9. The number of likely N-dealkylation sites (N-methyl/N-ethyl adjacent to an activating group) is 2. The van der Waals surface area contributed by atoms with Crippen LogP contribution in [0.5, 0.6) is 46.0 Å².